The van der Waals surface area contributed by atoms with Crippen molar-refractivity contribution in [1.29, 1.82) is 0 Å². The first-order valence-electron chi connectivity index (χ1n) is 5.60. The Morgan fingerprint density at radius 2 is 1.94 bits per heavy atom. The Bertz CT molecular complexity index is 730. The lowest BCUT2D eigenvalue weighted by molar-refractivity contribution is 0.112. The van der Waals surface area contributed by atoms with E-state index in [4.69, 9.17) is 11.6 Å². The maximum atomic E-state index is 10.7. The molecule has 0 radical (unpaired) electrons. The fourth-order valence-electron chi connectivity index (χ4n) is 2.09. The second-order valence-electron chi connectivity index (χ2n) is 4.10. The van der Waals surface area contributed by atoms with Crippen molar-refractivity contribution >= 4 is 28.8 Å². The topological polar surface area (TPSA) is 22.0 Å². The van der Waals surface area contributed by atoms with Gasteiger partial charge in [0.1, 0.15) is 6.29 Å². The molecule has 0 spiro atoms. The summed E-state index contributed by atoms with van der Waals surface area (Å²) in [7, 11) is 0. The molecule has 0 unspecified atom stereocenters. The molecule has 0 N–H and O–H groups in total. The van der Waals surface area contributed by atoms with E-state index in [0.29, 0.717) is 10.6 Å². The number of benzene rings is 2. The molecule has 3 aromatic rings. The maximum Gasteiger partial charge on any atom is 0.150 e. The van der Waals surface area contributed by atoms with Crippen LogP contribution in [0.5, 0.6) is 0 Å². The van der Waals surface area contributed by atoms with Gasteiger partial charge in [0.2, 0.25) is 0 Å². The van der Waals surface area contributed by atoms with E-state index in [1.807, 2.05) is 54.7 Å². The van der Waals surface area contributed by atoms with Crippen LogP contribution in [-0.2, 0) is 0 Å². The molecule has 0 bridgehead atoms. The number of hydrogen-bond acceptors (Lipinski definition) is 1. The number of rotatable bonds is 2. The quantitative estimate of drug-likeness (QED) is 0.632. The maximum absolute atomic E-state index is 10.7. The van der Waals surface area contributed by atoms with Crippen LogP contribution in [0, 0.1) is 0 Å². The molecule has 18 heavy (non-hydrogen) atoms. The average molecular weight is 256 g/mol. The van der Waals surface area contributed by atoms with Gasteiger partial charge in [-0.05, 0) is 42.5 Å². The van der Waals surface area contributed by atoms with Crippen molar-refractivity contribution in [3.05, 3.63) is 65.3 Å². The Morgan fingerprint density at radius 1 is 1.06 bits per heavy atom. The number of carbonyl (C=O) groups excluding carboxylic acids is 1. The van der Waals surface area contributed by atoms with Gasteiger partial charge in [-0.15, -0.1) is 0 Å². The fourth-order valence-corrected chi connectivity index (χ4v) is 2.27. The summed E-state index contributed by atoms with van der Waals surface area (Å²) in [6, 6.07) is 15.3. The predicted molar refractivity (Wildman–Crippen MR) is 73.7 cm³/mol. The minimum atomic E-state index is 0.686. The normalized spacial score (nSPS) is 10.7. The molecule has 0 aliphatic rings. The van der Waals surface area contributed by atoms with Crippen LogP contribution in [0.1, 0.15) is 10.4 Å². The van der Waals surface area contributed by atoms with Crippen molar-refractivity contribution in [2.45, 2.75) is 0 Å². The summed E-state index contributed by atoms with van der Waals surface area (Å²) in [5, 5.41) is 1.75. The molecule has 1 aromatic heterocycles. The van der Waals surface area contributed by atoms with Crippen molar-refractivity contribution in [3.63, 3.8) is 0 Å². The average Bonchev–Trinajstić information content (AvgIpc) is 2.81. The van der Waals surface area contributed by atoms with E-state index in [1.54, 1.807) is 0 Å². The van der Waals surface area contributed by atoms with Gasteiger partial charge in [-0.25, -0.2) is 0 Å². The van der Waals surface area contributed by atoms with Crippen LogP contribution in [0.3, 0.4) is 0 Å². The fraction of sp³-hybridized carbons (Fsp3) is 0. The Balaban J connectivity index is 2.21. The van der Waals surface area contributed by atoms with Gasteiger partial charge in [0.25, 0.3) is 0 Å². The molecule has 0 atom stereocenters. The Kier molecular flexibility index (Phi) is 2.65. The Labute approximate surface area is 109 Å². The second kappa shape index (κ2) is 4.31. The molecule has 0 fully saturated rings. The first-order chi connectivity index (χ1) is 8.78. The first kappa shape index (κ1) is 11.1. The summed E-state index contributed by atoms with van der Waals surface area (Å²) in [5.74, 6) is 0. The molecular formula is C15H10ClNO. The zero-order chi connectivity index (χ0) is 12.5. The number of aromatic nitrogens is 1. The second-order valence-corrected chi connectivity index (χ2v) is 4.54. The molecule has 0 aliphatic heterocycles. The van der Waals surface area contributed by atoms with Gasteiger partial charge < -0.3 is 4.57 Å². The van der Waals surface area contributed by atoms with Crippen molar-refractivity contribution < 1.29 is 4.79 Å². The Hall–Kier alpha value is -2.06. The summed E-state index contributed by atoms with van der Waals surface area (Å²) < 4.78 is 2.05. The number of halogens is 1. The number of fused-ring (bicyclic) bond motifs is 1. The van der Waals surface area contributed by atoms with Crippen LogP contribution >= 0.6 is 11.6 Å². The molecule has 88 valence electrons. The van der Waals surface area contributed by atoms with Crippen LogP contribution in [0.25, 0.3) is 16.6 Å². The largest absolute Gasteiger partial charge is 0.317 e. The highest BCUT2D eigenvalue weighted by Gasteiger charge is 2.04. The van der Waals surface area contributed by atoms with E-state index in [2.05, 4.69) is 4.57 Å². The van der Waals surface area contributed by atoms with Gasteiger partial charge in [-0.3, -0.25) is 4.79 Å². The van der Waals surface area contributed by atoms with Crippen molar-refractivity contribution in [2.24, 2.45) is 0 Å². The Morgan fingerprint density at radius 3 is 2.72 bits per heavy atom. The highest BCUT2D eigenvalue weighted by Crippen LogP contribution is 2.23. The predicted octanol–water partition coefficient (Wildman–Crippen LogP) is 4.10. The standard InChI is InChI=1S/C15H10ClNO/c16-13-2-1-3-14(9-13)17-7-6-12-8-11(10-18)4-5-15(12)17/h1-10H. The van der Waals surface area contributed by atoms with Gasteiger partial charge in [-0.1, -0.05) is 17.7 Å². The van der Waals surface area contributed by atoms with Gasteiger partial charge in [0.05, 0.1) is 5.52 Å². The number of carbonyl (C=O) groups is 1. The van der Waals surface area contributed by atoms with Gasteiger partial charge in [-0.2, -0.15) is 0 Å². The lowest BCUT2D eigenvalue weighted by atomic mass is 10.2. The zero-order valence-electron chi connectivity index (χ0n) is 9.51. The van der Waals surface area contributed by atoms with E-state index < -0.39 is 0 Å². The van der Waals surface area contributed by atoms with Crippen LogP contribution in [0.15, 0.2) is 54.7 Å². The number of aldehydes is 1. The van der Waals surface area contributed by atoms with Gasteiger partial charge in [0, 0.05) is 27.9 Å². The van der Waals surface area contributed by atoms with E-state index in [9.17, 15) is 4.79 Å². The smallest absolute Gasteiger partial charge is 0.150 e. The lowest BCUT2D eigenvalue weighted by Crippen LogP contribution is -1.91. The summed E-state index contributed by atoms with van der Waals surface area (Å²) >= 11 is 6.00. The van der Waals surface area contributed by atoms with Gasteiger partial charge >= 0.3 is 0 Å². The monoisotopic (exact) mass is 255 g/mol. The highest BCUT2D eigenvalue weighted by molar-refractivity contribution is 6.30. The van der Waals surface area contributed by atoms with Crippen LogP contribution in [0.2, 0.25) is 5.02 Å². The van der Waals surface area contributed by atoms with Gasteiger partial charge in [0.15, 0.2) is 0 Å². The summed E-state index contributed by atoms with van der Waals surface area (Å²) in [6.07, 6.45) is 2.83. The van der Waals surface area contributed by atoms with E-state index in [-0.39, 0.29) is 0 Å². The molecule has 2 nitrogen and oxygen atoms in total. The number of hydrogen-bond donors (Lipinski definition) is 0. The molecular weight excluding hydrogens is 246 g/mol. The van der Waals surface area contributed by atoms with Crippen LogP contribution in [0.4, 0.5) is 0 Å². The van der Waals surface area contributed by atoms with Crippen molar-refractivity contribution in [2.75, 3.05) is 0 Å². The molecule has 0 aliphatic carbocycles. The van der Waals surface area contributed by atoms with E-state index in [1.165, 1.54) is 0 Å². The summed E-state index contributed by atoms with van der Waals surface area (Å²) in [6.45, 7) is 0. The third kappa shape index (κ3) is 1.81. The lowest BCUT2D eigenvalue weighted by Gasteiger charge is -2.05. The SMILES string of the molecule is O=Cc1ccc2c(ccn2-c2cccc(Cl)c2)c1. The molecule has 0 amide bonds. The molecule has 1 heterocycles. The molecule has 2 aromatic carbocycles. The third-order valence-electron chi connectivity index (χ3n) is 2.94. The number of nitrogens with zero attached hydrogens (tertiary/aromatic N) is 1. The van der Waals surface area contributed by atoms with E-state index in [0.717, 1.165) is 22.9 Å². The van der Waals surface area contributed by atoms with Crippen molar-refractivity contribution in [1.82, 2.24) is 4.57 Å². The minimum absolute atomic E-state index is 0.686. The summed E-state index contributed by atoms with van der Waals surface area (Å²) in [5.41, 5.74) is 2.76. The van der Waals surface area contributed by atoms with Crippen LogP contribution < -0.4 is 0 Å². The third-order valence-corrected chi connectivity index (χ3v) is 3.17. The van der Waals surface area contributed by atoms with Crippen molar-refractivity contribution in [3.8, 4) is 5.69 Å². The molecule has 3 heteroatoms. The molecule has 3 rings (SSSR count). The summed E-state index contributed by atoms with van der Waals surface area (Å²) in [4.78, 5) is 10.7. The molecule has 0 saturated heterocycles. The van der Waals surface area contributed by atoms with E-state index >= 15 is 0 Å². The first-order valence-corrected chi connectivity index (χ1v) is 5.98. The zero-order valence-corrected chi connectivity index (χ0v) is 10.3. The molecule has 0 saturated carbocycles. The highest BCUT2D eigenvalue weighted by atomic mass is 35.5. The minimum Gasteiger partial charge on any atom is -0.317 e. The van der Waals surface area contributed by atoms with Crippen LogP contribution in [-0.4, -0.2) is 10.9 Å².